The predicted octanol–water partition coefficient (Wildman–Crippen LogP) is 4.82. The Hall–Kier alpha value is -1.91. The molecule has 0 fully saturated rings. The van der Waals surface area contributed by atoms with E-state index in [0.717, 1.165) is 21.3 Å². The van der Waals surface area contributed by atoms with Crippen LogP contribution in [0.3, 0.4) is 0 Å². The summed E-state index contributed by atoms with van der Waals surface area (Å²) in [6.07, 6.45) is 0. The quantitative estimate of drug-likeness (QED) is 0.736. The lowest BCUT2D eigenvalue weighted by Crippen LogP contribution is -2.12. The maximum absolute atomic E-state index is 12.3. The van der Waals surface area contributed by atoms with Crippen LogP contribution in [0.1, 0.15) is 21.5 Å². The van der Waals surface area contributed by atoms with Crippen LogP contribution in [0.25, 0.3) is 10.2 Å². The summed E-state index contributed by atoms with van der Waals surface area (Å²) in [4.78, 5) is 16.7. The third-order valence-corrected chi connectivity index (χ3v) is 4.22. The van der Waals surface area contributed by atoms with Crippen LogP contribution < -0.4 is 5.32 Å². The first-order chi connectivity index (χ1) is 10.0. The van der Waals surface area contributed by atoms with Crippen LogP contribution in [-0.4, -0.2) is 10.9 Å². The van der Waals surface area contributed by atoms with Gasteiger partial charge in [0.1, 0.15) is 0 Å². The Morgan fingerprint density at radius 1 is 1.14 bits per heavy atom. The van der Waals surface area contributed by atoms with Crippen LogP contribution in [-0.2, 0) is 0 Å². The zero-order chi connectivity index (χ0) is 15.0. The first-order valence-electron chi connectivity index (χ1n) is 6.47. The second kappa shape index (κ2) is 5.47. The Morgan fingerprint density at radius 3 is 2.57 bits per heavy atom. The number of nitrogens with one attached hydrogen (secondary N) is 1. The lowest BCUT2D eigenvalue weighted by molar-refractivity contribution is 0.102. The molecule has 0 unspecified atom stereocenters. The van der Waals surface area contributed by atoms with Gasteiger partial charge in [-0.05, 0) is 44.2 Å². The number of hydrogen-bond acceptors (Lipinski definition) is 3. The Morgan fingerprint density at radius 2 is 1.86 bits per heavy atom. The predicted molar refractivity (Wildman–Crippen MR) is 88.5 cm³/mol. The number of benzene rings is 2. The van der Waals surface area contributed by atoms with E-state index in [-0.39, 0.29) is 5.91 Å². The molecule has 3 nitrogen and oxygen atoms in total. The molecule has 0 aliphatic heterocycles. The van der Waals surface area contributed by atoms with Crippen molar-refractivity contribution in [2.24, 2.45) is 0 Å². The van der Waals surface area contributed by atoms with Crippen molar-refractivity contribution in [1.29, 1.82) is 0 Å². The first kappa shape index (κ1) is 14.0. The number of nitrogens with zero attached hydrogens (tertiary/aromatic N) is 1. The maximum atomic E-state index is 12.3. The summed E-state index contributed by atoms with van der Waals surface area (Å²) in [5.74, 6) is -0.146. The van der Waals surface area contributed by atoms with Crippen LogP contribution in [0.15, 0.2) is 36.4 Å². The molecule has 0 spiro atoms. The summed E-state index contributed by atoms with van der Waals surface area (Å²) < 4.78 is 0.957. The first-order valence-corrected chi connectivity index (χ1v) is 7.66. The molecule has 106 valence electrons. The highest BCUT2D eigenvalue weighted by atomic mass is 35.5. The molecule has 1 amide bonds. The molecule has 2 aromatic carbocycles. The number of fused-ring (bicyclic) bond motifs is 1. The average Bonchev–Trinajstić information content (AvgIpc) is 2.78. The van der Waals surface area contributed by atoms with Crippen molar-refractivity contribution in [3.63, 3.8) is 0 Å². The molecule has 5 heteroatoms. The van der Waals surface area contributed by atoms with E-state index in [1.807, 2.05) is 44.2 Å². The third kappa shape index (κ3) is 3.06. The lowest BCUT2D eigenvalue weighted by atomic mass is 10.1. The topological polar surface area (TPSA) is 42.0 Å². The van der Waals surface area contributed by atoms with Gasteiger partial charge in [-0.1, -0.05) is 40.1 Å². The molecule has 0 radical (unpaired) electrons. The molecule has 0 atom stereocenters. The van der Waals surface area contributed by atoms with E-state index in [1.54, 1.807) is 6.07 Å². The van der Waals surface area contributed by atoms with Gasteiger partial charge in [0.15, 0.2) is 5.13 Å². The number of hydrogen-bond donors (Lipinski definition) is 1. The molecule has 0 aliphatic rings. The van der Waals surface area contributed by atoms with Crippen molar-refractivity contribution in [3.8, 4) is 0 Å². The summed E-state index contributed by atoms with van der Waals surface area (Å²) in [6, 6.07) is 11.3. The smallest absolute Gasteiger partial charge is 0.257 e. The van der Waals surface area contributed by atoms with E-state index in [2.05, 4.69) is 10.3 Å². The fourth-order valence-corrected chi connectivity index (χ4v) is 3.36. The van der Waals surface area contributed by atoms with Crippen molar-refractivity contribution < 1.29 is 4.79 Å². The van der Waals surface area contributed by atoms with E-state index in [9.17, 15) is 4.79 Å². The average molecular weight is 317 g/mol. The Bertz CT molecular complexity index is 821. The summed E-state index contributed by atoms with van der Waals surface area (Å²) in [6.45, 7) is 3.95. The molecule has 1 N–H and O–H groups in total. The van der Waals surface area contributed by atoms with Crippen LogP contribution in [0.4, 0.5) is 5.13 Å². The number of amides is 1. The maximum Gasteiger partial charge on any atom is 0.257 e. The van der Waals surface area contributed by atoms with Gasteiger partial charge in [-0.2, -0.15) is 0 Å². The third-order valence-electron chi connectivity index (χ3n) is 3.05. The summed E-state index contributed by atoms with van der Waals surface area (Å²) in [5, 5.41) is 4.09. The van der Waals surface area contributed by atoms with E-state index in [4.69, 9.17) is 11.6 Å². The van der Waals surface area contributed by atoms with Crippen molar-refractivity contribution in [2.75, 3.05) is 5.32 Å². The number of rotatable bonds is 2. The number of carbonyl (C=O) groups is 1. The van der Waals surface area contributed by atoms with E-state index >= 15 is 0 Å². The van der Waals surface area contributed by atoms with Gasteiger partial charge in [0.25, 0.3) is 5.91 Å². The number of anilines is 1. The van der Waals surface area contributed by atoms with Gasteiger partial charge in [0.05, 0.1) is 10.2 Å². The van der Waals surface area contributed by atoms with Gasteiger partial charge in [0, 0.05) is 10.6 Å². The minimum absolute atomic E-state index is 0.146. The van der Waals surface area contributed by atoms with Gasteiger partial charge in [-0.3, -0.25) is 10.1 Å². The summed E-state index contributed by atoms with van der Waals surface area (Å²) >= 11 is 7.37. The number of aryl methyl sites for hydroxylation is 2. The highest BCUT2D eigenvalue weighted by Gasteiger charge is 2.11. The minimum Gasteiger partial charge on any atom is -0.298 e. The monoisotopic (exact) mass is 316 g/mol. The molecule has 1 aromatic heterocycles. The minimum atomic E-state index is -0.146. The molecular formula is C16H13ClN2OS. The number of halogens is 1. The highest BCUT2D eigenvalue weighted by molar-refractivity contribution is 7.22. The Kier molecular flexibility index (Phi) is 3.66. The number of aromatic nitrogens is 1. The van der Waals surface area contributed by atoms with Gasteiger partial charge in [0.2, 0.25) is 0 Å². The molecule has 1 heterocycles. The van der Waals surface area contributed by atoms with E-state index < -0.39 is 0 Å². The molecule has 0 saturated heterocycles. The summed E-state index contributed by atoms with van der Waals surface area (Å²) in [7, 11) is 0. The largest absolute Gasteiger partial charge is 0.298 e. The Labute approximate surface area is 131 Å². The Balaban J connectivity index is 1.88. The van der Waals surface area contributed by atoms with Crippen LogP contribution in [0.5, 0.6) is 0 Å². The van der Waals surface area contributed by atoms with Crippen LogP contribution >= 0.6 is 22.9 Å². The number of thiazole rings is 1. The molecule has 3 aromatic rings. The fourth-order valence-electron chi connectivity index (χ4n) is 2.23. The summed E-state index contributed by atoms with van der Waals surface area (Å²) in [5.41, 5.74) is 3.61. The van der Waals surface area contributed by atoms with Gasteiger partial charge in [-0.25, -0.2) is 4.98 Å². The normalized spacial score (nSPS) is 10.8. The molecule has 0 bridgehead atoms. The zero-order valence-corrected chi connectivity index (χ0v) is 13.2. The molecule has 21 heavy (non-hydrogen) atoms. The van der Waals surface area contributed by atoms with Gasteiger partial charge >= 0.3 is 0 Å². The number of carbonyl (C=O) groups excluding carboxylic acids is 1. The van der Waals surface area contributed by atoms with Crippen molar-refractivity contribution in [3.05, 3.63) is 58.1 Å². The standard InChI is InChI=1S/C16H13ClN2OS/c1-9-5-10(2)7-11(6-9)15(20)19-16-18-13-4-3-12(17)8-14(13)21-16/h3-8H,1-2H3,(H,18,19,20). The molecular weight excluding hydrogens is 304 g/mol. The second-order valence-corrected chi connectivity index (χ2v) is 6.43. The van der Waals surface area contributed by atoms with Crippen molar-refractivity contribution in [1.82, 2.24) is 4.98 Å². The molecule has 3 rings (SSSR count). The molecule has 0 aliphatic carbocycles. The SMILES string of the molecule is Cc1cc(C)cc(C(=O)Nc2nc3ccc(Cl)cc3s2)c1. The molecule has 0 saturated carbocycles. The fraction of sp³-hybridized carbons (Fsp3) is 0.125. The van der Waals surface area contributed by atoms with E-state index in [1.165, 1.54) is 11.3 Å². The van der Waals surface area contributed by atoms with Gasteiger partial charge in [-0.15, -0.1) is 0 Å². The lowest BCUT2D eigenvalue weighted by Gasteiger charge is -2.04. The van der Waals surface area contributed by atoms with Crippen molar-refractivity contribution >= 4 is 44.2 Å². The van der Waals surface area contributed by atoms with Crippen LogP contribution in [0.2, 0.25) is 5.02 Å². The second-order valence-electron chi connectivity index (χ2n) is 4.96. The van der Waals surface area contributed by atoms with E-state index in [0.29, 0.717) is 15.7 Å². The zero-order valence-electron chi connectivity index (χ0n) is 11.6. The highest BCUT2D eigenvalue weighted by Crippen LogP contribution is 2.28. The van der Waals surface area contributed by atoms with Crippen molar-refractivity contribution in [2.45, 2.75) is 13.8 Å². The van der Waals surface area contributed by atoms with Crippen LogP contribution in [0, 0.1) is 13.8 Å². The van der Waals surface area contributed by atoms with Gasteiger partial charge < -0.3 is 0 Å².